The summed E-state index contributed by atoms with van der Waals surface area (Å²) in [5.74, 6) is 0. The molecule has 0 aromatic carbocycles. The van der Waals surface area contributed by atoms with E-state index in [0.717, 1.165) is 11.3 Å². The normalized spacial score (nSPS) is 9.80. The van der Waals surface area contributed by atoms with Crippen LogP contribution < -0.4 is 5.73 Å². The summed E-state index contributed by atoms with van der Waals surface area (Å²) in [6, 6.07) is 0. The molecule has 0 bridgehead atoms. The Hall–Kier alpha value is -0.900. The van der Waals surface area contributed by atoms with E-state index in [2.05, 4.69) is 5.10 Å². The summed E-state index contributed by atoms with van der Waals surface area (Å²) >= 11 is 4.76. The average molecular weight is 155 g/mol. The van der Waals surface area contributed by atoms with Crippen LogP contribution in [0.25, 0.3) is 0 Å². The van der Waals surface area contributed by atoms with Crippen molar-refractivity contribution in [2.75, 3.05) is 0 Å². The first-order valence-corrected chi connectivity index (χ1v) is 3.32. The van der Waals surface area contributed by atoms with Gasteiger partial charge in [-0.3, -0.25) is 4.68 Å². The van der Waals surface area contributed by atoms with Crippen molar-refractivity contribution < 1.29 is 0 Å². The fraction of sp³-hybridized carbons (Fsp3) is 0.333. The van der Waals surface area contributed by atoms with Crippen LogP contribution in [0.2, 0.25) is 0 Å². The van der Waals surface area contributed by atoms with Gasteiger partial charge in [-0.1, -0.05) is 12.2 Å². The number of hydrogen-bond acceptors (Lipinski definition) is 2. The van der Waals surface area contributed by atoms with Crippen molar-refractivity contribution in [1.82, 2.24) is 9.78 Å². The minimum Gasteiger partial charge on any atom is -0.388 e. The Labute approximate surface area is 64.8 Å². The molecule has 10 heavy (non-hydrogen) atoms. The SMILES string of the molecule is Cc1cn(C)nc1C(N)=S. The Kier molecular flexibility index (Phi) is 1.72. The Morgan fingerprint density at radius 2 is 2.40 bits per heavy atom. The highest BCUT2D eigenvalue weighted by Crippen LogP contribution is 2.02. The van der Waals surface area contributed by atoms with Gasteiger partial charge in [-0.2, -0.15) is 5.10 Å². The first kappa shape index (κ1) is 7.21. The van der Waals surface area contributed by atoms with Gasteiger partial charge in [-0.05, 0) is 12.5 Å². The summed E-state index contributed by atoms with van der Waals surface area (Å²) in [6.45, 7) is 1.93. The minimum atomic E-state index is 0.359. The van der Waals surface area contributed by atoms with Crippen LogP contribution in [-0.2, 0) is 7.05 Å². The summed E-state index contributed by atoms with van der Waals surface area (Å²) in [5, 5.41) is 4.06. The van der Waals surface area contributed by atoms with E-state index in [-0.39, 0.29) is 0 Å². The maximum absolute atomic E-state index is 5.38. The molecule has 4 heteroatoms. The highest BCUT2D eigenvalue weighted by Gasteiger charge is 2.03. The lowest BCUT2D eigenvalue weighted by Crippen LogP contribution is -2.11. The Balaban J connectivity index is 3.15. The second-order valence-electron chi connectivity index (χ2n) is 2.20. The van der Waals surface area contributed by atoms with Gasteiger partial charge in [0.15, 0.2) is 0 Å². The summed E-state index contributed by atoms with van der Waals surface area (Å²) < 4.78 is 1.70. The van der Waals surface area contributed by atoms with Gasteiger partial charge in [-0.15, -0.1) is 0 Å². The largest absolute Gasteiger partial charge is 0.388 e. The summed E-state index contributed by atoms with van der Waals surface area (Å²) in [7, 11) is 1.84. The summed E-state index contributed by atoms with van der Waals surface area (Å²) in [6.07, 6.45) is 1.88. The van der Waals surface area contributed by atoms with Crippen molar-refractivity contribution in [3.05, 3.63) is 17.5 Å². The van der Waals surface area contributed by atoms with Gasteiger partial charge in [0, 0.05) is 13.2 Å². The molecule has 1 rings (SSSR count). The maximum Gasteiger partial charge on any atom is 0.124 e. The highest BCUT2D eigenvalue weighted by molar-refractivity contribution is 7.80. The molecule has 1 aromatic heterocycles. The smallest absolute Gasteiger partial charge is 0.124 e. The van der Waals surface area contributed by atoms with Crippen molar-refractivity contribution in [2.24, 2.45) is 12.8 Å². The molecule has 1 heterocycles. The van der Waals surface area contributed by atoms with Crippen LogP contribution in [0.1, 0.15) is 11.3 Å². The van der Waals surface area contributed by atoms with E-state index in [4.69, 9.17) is 18.0 Å². The van der Waals surface area contributed by atoms with Crippen molar-refractivity contribution >= 4 is 17.2 Å². The standard InChI is InChI=1S/C6H9N3S/c1-4-3-9(2)8-5(4)6(7)10/h3H,1-2H3,(H2,7,10). The number of hydrogen-bond donors (Lipinski definition) is 1. The summed E-state index contributed by atoms with van der Waals surface area (Å²) in [4.78, 5) is 0.359. The molecule has 0 unspecified atom stereocenters. The van der Waals surface area contributed by atoms with Crippen LogP contribution in [0.15, 0.2) is 6.20 Å². The lowest BCUT2D eigenvalue weighted by atomic mass is 10.3. The third-order valence-corrected chi connectivity index (χ3v) is 1.44. The third-order valence-electron chi connectivity index (χ3n) is 1.25. The molecule has 0 saturated carbocycles. The van der Waals surface area contributed by atoms with Gasteiger partial charge in [0.1, 0.15) is 10.7 Å². The molecule has 0 saturated heterocycles. The molecule has 0 spiro atoms. The number of rotatable bonds is 1. The molecule has 0 aliphatic heterocycles. The molecule has 0 radical (unpaired) electrons. The topological polar surface area (TPSA) is 43.8 Å². The first-order valence-electron chi connectivity index (χ1n) is 2.91. The molecule has 54 valence electrons. The number of nitrogens with zero attached hydrogens (tertiary/aromatic N) is 2. The molecule has 0 aliphatic rings. The molecule has 0 atom stereocenters. The van der Waals surface area contributed by atoms with Crippen LogP contribution in [0.3, 0.4) is 0 Å². The van der Waals surface area contributed by atoms with E-state index in [9.17, 15) is 0 Å². The van der Waals surface area contributed by atoms with Crippen molar-refractivity contribution in [2.45, 2.75) is 6.92 Å². The maximum atomic E-state index is 5.38. The van der Waals surface area contributed by atoms with Crippen molar-refractivity contribution in [1.29, 1.82) is 0 Å². The highest BCUT2D eigenvalue weighted by atomic mass is 32.1. The first-order chi connectivity index (χ1) is 4.61. The van der Waals surface area contributed by atoms with E-state index in [0.29, 0.717) is 4.99 Å². The van der Waals surface area contributed by atoms with Crippen LogP contribution in [0, 0.1) is 6.92 Å². The van der Waals surface area contributed by atoms with E-state index in [1.54, 1.807) is 4.68 Å². The minimum absolute atomic E-state index is 0.359. The van der Waals surface area contributed by atoms with E-state index >= 15 is 0 Å². The number of thiocarbonyl (C=S) groups is 1. The molecule has 1 aromatic rings. The zero-order chi connectivity index (χ0) is 7.72. The lowest BCUT2D eigenvalue weighted by molar-refractivity contribution is 0.764. The molecule has 0 fully saturated rings. The van der Waals surface area contributed by atoms with Crippen LogP contribution in [0.5, 0.6) is 0 Å². The summed E-state index contributed by atoms with van der Waals surface area (Å²) in [5.41, 5.74) is 7.13. The molecule has 0 aliphatic carbocycles. The van der Waals surface area contributed by atoms with E-state index in [1.165, 1.54) is 0 Å². The number of aryl methyl sites for hydroxylation is 2. The zero-order valence-electron chi connectivity index (χ0n) is 5.96. The Morgan fingerprint density at radius 3 is 2.60 bits per heavy atom. The number of nitrogens with two attached hydrogens (primary N) is 1. The van der Waals surface area contributed by atoms with Gasteiger partial charge < -0.3 is 5.73 Å². The molecule has 2 N–H and O–H groups in total. The Bertz CT molecular complexity index is 264. The zero-order valence-corrected chi connectivity index (χ0v) is 6.77. The van der Waals surface area contributed by atoms with Gasteiger partial charge in [0.05, 0.1) is 0 Å². The predicted molar refractivity (Wildman–Crippen MR) is 43.8 cm³/mol. The van der Waals surface area contributed by atoms with Gasteiger partial charge >= 0.3 is 0 Å². The lowest BCUT2D eigenvalue weighted by Gasteiger charge is -1.89. The molecular weight excluding hydrogens is 146 g/mol. The van der Waals surface area contributed by atoms with Gasteiger partial charge in [0.2, 0.25) is 0 Å². The number of aromatic nitrogens is 2. The quantitative estimate of drug-likeness (QED) is 0.596. The third kappa shape index (κ3) is 1.16. The second-order valence-corrected chi connectivity index (χ2v) is 2.64. The monoisotopic (exact) mass is 155 g/mol. The molecule has 0 amide bonds. The predicted octanol–water partition coefficient (Wildman–Crippen LogP) is 0.363. The Morgan fingerprint density at radius 1 is 1.80 bits per heavy atom. The van der Waals surface area contributed by atoms with Gasteiger partial charge in [0.25, 0.3) is 0 Å². The second kappa shape index (κ2) is 2.38. The average Bonchev–Trinajstić information content (AvgIpc) is 2.10. The van der Waals surface area contributed by atoms with Gasteiger partial charge in [-0.25, -0.2) is 0 Å². The van der Waals surface area contributed by atoms with Crippen LogP contribution in [-0.4, -0.2) is 14.8 Å². The van der Waals surface area contributed by atoms with Crippen LogP contribution in [0.4, 0.5) is 0 Å². The van der Waals surface area contributed by atoms with Crippen molar-refractivity contribution in [3.63, 3.8) is 0 Å². The fourth-order valence-corrected chi connectivity index (χ4v) is 1.05. The molecule has 3 nitrogen and oxygen atoms in total. The van der Waals surface area contributed by atoms with Crippen LogP contribution >= 0.6 is 12.2 Å². The van der Waals surface area contributed by atoms with E-state index < -0.39 is 0 Å². The fourth-order valence-electron chi connectivity index (χ4n) is 0.850. The van der Waals surface area contributed by atoms with Crippen molar-refractivity contribution in [3.8, 4) is 0 Å². The molecular formula is C6H9N3S. The van der Waals surface area contributed by atoms with E-state index in [1.807, 2.05) is 20.2 Å².